The van der Waals surface area contributed by atoms with Gasteiger partial charge < -0.3 is 5.73 Å². The van der Waals surface area contributed by atoms with Crippen LogP contribution in [0.2, 0.25) is 0 Å². The molecular weight excluding hydrogens is 227 g/mol. The Labute approximate surface area is 99.8 Å². The normalized spacial score (nSPS) is 15.0. The van der Waals surface area contributed by atoms with Crippen LogP contribution in [0.3, 0.4) is 0 Å². The molecule has 1 aromatic rings. The number of hydrogen-bond donors (Lipinski definition) is 1. The van der Waals surface area contributed by atoms with Crippen LogP contribution in [0.15, 0.2) is 18.2 Å². The van der Waals surface area contributed by atoms with Crippen LogP contribution in [0, 0.1) is 23.5 Å². The van der Waals surface area contributed by atoms with Crippen molar-refractivity contribution in [2.24, 2.45) is 17.6 Å². The molecule has 0 aliphatic rings. The molecule has 17 heavy (non-hydrogen) atoms. The minimum atomic E-state index is -1.21. The molecule has 0 saturated heterocycles. The van der Waals surface area contributed by atoms with Crippen LogP contribution in [0.1, 0.15) is 19.4 Å². The molecule has 2 N–H and O–H groups in total. The van der Waals surface area contributed by atoms with E-state index in [2.05, 4.69) is 0 Å². The van der Waals surface area contributed by atoms with E-state index in [9.17, 15) is 13.2 Å². The highest BCUT2D eigenvalue weighted by atomic mass is 19.1. The third-order valence-electron chi connectivity index (χ3n) is 3.02. The van der Waals surface area contributed by atoms with Gasteiger partial charge in [-0.1, -0.05) is 19.9 Å². The van der Waals surface area contributed by atoms with Gasteiger partial charge >= 0.3 is 0 Å². The molecule has 1 rings (SSSR count). The molecule has 0 aromatic heterocycles. The second-order valence-corrected chi connectivity index (χ2v) is 4.60. The predicted octanol–water partition coefficient (Wildman–Crippen LogP) is 3.08. The van der Waals surface area contributed by atoms with Gasteiger partial charge in [-0.25, -0.2) is 13.2 Å². The highest BCUT2D eigenvalue weighted by molar-refractivity contribution is 5.19. The Kier molecular flexibility index (Phi) is 5.00. The molecule has 0 aliphatic carbocycles. The molecule has 2 atom stereocenters. The van der Waals surface area contributed by atoms with Crippen molar-refractivity contribution < 1.29 is 13.2 Å². The van der Waals surface area contributed by atoms with E-state index < -0.39 is 17.8 Å². The molecule has 2 unspecified atom stereocenters. The average molecular weight is 245 g/mol. The zero-order chi connectivity index (χ0) is 13.0. The minimum absolute atomic E-state index is 0.0633. The third kappa shape index (κ3) is 3.73. The molecule has 96 valence electrons. The summed E-state index contributed by atoms with van der Waals surface area (Å²) in [6.07, 6.45) is -1.27. The summed E-state index contributed by atoms with van der Waals surface area (Å²) in [4.78, 5) is 0. The molecule has 0 fully saturated rings. The summed E-state index contributed by atoms with van der Waals surface area (Å²) >= 11 is 0. The van der Waals surface area contributed by atoms with Crippen molar-refractivity contribution in [3.8, 4) is 0 Å². The molecule has 0 amide bonds. The Balaban J connectivity index is 2.76. The van der Waals surface area contributed by atoms with Crippen molar-refractivity contribution in [2.45, 2.75) is 26.4 Å². The first-order valence-corrected chi connectivity index (χ1v) is 5.73. The van der Waals surface area contributed by atoms with Gasteiger partial charge in [0.2, 0.25) is 0 Å². The monoisotopic (exact) mass is 245 g/mol. The van der Waals surface area contributed by atoms with E-state index in [4.69, 9.17) is 5.73 Å². The standard InChI is InChI=1S/C13H18F3N/c1-8(2)11(7-17)13(16)5-9-3-4-10(14)6-12(9)15/h3-4,6,8,11,13H,5,7,17H2,1-2H3. The van der Waals surface area contributed by atoms with E-state index >= 15 is 0 Å². The fourth-order valence-electron chi connectivity index (χ4n) is 1.89. The lowest BCUT2D eigenvalue weighted by Crippen LogP contribution is -2.31. The molecule has 0 spiro atoms. The number of halogens is 3. The maximum atomic E-state index is 13.9. The largest absolute Gasteiger partial charge is 0.330 e. The Hall–Kier alpha value is -1.03. The van der Waals surface area contributed by atoms with E-state index in [1.807, 2.05) is 13.8 Å². The lowest BCUT2D eigenvalue weighted by molar-refractivity contribution is 0.184. The van der Waals surface area contributed by atoms with Gasteiger partial charge in [-0.15, -0.1) is 0 Å². The van der Waals surface area contributed by atoms with E-state index in [0.29, 0.717) is 0 Å². The summed E-state index contributed by atoms with van der Waals surface area (Å²) in [5, 5.41) is 0. The fraction of sp³-hybridized carbons (Fsp3) is 0.538. The van der Waals surface area contributed by atoms with Crippen LogP contribution in [-0.4, -0.2) is 12.7 Å². The van der Waals surface area contributed by atoms with Gasteiger partial charge in [0.1, 0.15) is 17.8 Å². The minimum Gasteiger partial charge on any atom is -0.330 e. The van der Waals surface area contributed by atoms with E-state index in [0.717, 1.165) is 12.1 Å². The molecule has 0 aliphatic heterocycles. The molecule has 0 radical (unpaired) electrons. The van der Waals surface area contributed by atoms with Gasteiger partial charge in [0.25, 0.3) is 0 Å². The van der Waals surface area contributed by atoms with Crippen LogP contribution in [0.4, 0.5) is 13.2 Å². The van der Waals surface area contributed by atoms with E-state index in [1.54, 1.807) is 0 Å². The van der Waals surface area contributed by atoms with E-state index in [1.165, 1.54) is 6.07 Å². The van der Waals surface area contributed by atoms with Crippen molar-refractivity contribution in [3.63, 3.8) is 0 Å². The second-order valence-electron chi connectivity index (χ2n) is 4.60. The molecular formula is C13H18F3N. The Morgan fingerprint density at radius 2 is 1.88 bits per heavy atom. The van der Waals surface area contributed by atoms with Gasteiger partial charge in [-0.2, -0.15) is 0 Å². The van der Waals surface area contributed by atoms with Crippen molar-refractivity contribution in [1.29, 1.82) is 0 Å². The smallest absolute Gasteiger partial charge is 0.129 e. The topological polar surface area (TPSA) is 26.0 Å². The Morgan fingerprint density at radius 3 is 2.35 bits per heavy atom. The van der Waals surface area contributed by atoms with Crippen molar-refractivity contribution in [2.75, 3.05) is 6.54 Å². The third-order valence-corrected chi connectivity index (χ3v) is 3.02. The molecule has 4 heteroatoms. The van der Waals surface area contributed by atoms with Crippen LogP contribution in [0.25, 0.3) is 0 Å². The quantitative estimate of drug-likeness (QED) is 0.847. The van der Waals surface area contributed by atoms with Crippen LogP contribution in [-0.2, 0) is 6.42 Å². The van der Waals surface area contributed by atoms with Gasteiger partial charge in [-0.3, -0.25) is 0 Å². The lowest BCUT2D eigenvalue weighted by atomic mass is 9.88. The Morgan fingerprint density at radius 1 is 1.24 bits per heavy atom. The lowest BCUT2D eigenvalue weighted by Gasteiger charge is -2.23. The predicted molar refractivity (Wildman–Crippen MR) is 62.3 cm³/mol. The zero-order valence-electron chi connectivity index (χ0n) is 10.1. The first kappa shape index (κ1) is 14.0. The fourth-order valence-corrected chi connectivity index (χ4v) is 1.89. The average Bonchev–Trinajstić information content (AvgIpc) is 2.22. The van der Waals surface area contributed by atoms with Crippen molar-refractivity contribution >= 4 is 0 Å². The van der Waals surface area contributed by atoms with Gasteiger partial charge in [0.15, 0.2) is 0 Å². The maximum absolute atomic E-state index is 13.9. The van der Waals surface area contributed by atoms with E-state index in [-0.39, 0.29) is 30.4 Å². The molecule has 0 saturated carbocycles. The highest BCUT2D eigenvalue weighted by Crippen LogP contribution is 2.22. The van der Waals surface area contributed by atoms with Crippen molar-refractivity contribution in [1.82, 2.24) is 0 Å². The van der Waals surface area contributed by atoms with Gasteiger partial charge in [0.05, 0.1) is 0 Å². The summed E-state index contributed by atoms with van der Waals surface area (Å²) < 4.78 is 40.0. The zero-order valence-corrected chi connectivity index (χ0v) is 10.1. The number of alkyl halides is 1. The van der Waals surface area contributed by atoms with Crippen LogP contribution < -0.4 is 5.73 Å². The molecule has 0 heterocycles. The van der Waals surface area contributed by atoms with Gasteiger partial charge in [0, 0.05) is 18.4 Å². The van der Waals surface area contributed by atoms with Gasteiger partial charge in [-0.05, 0) is 24.1 Å². The molecule has 0 bridgehead atoms. The van der Waals surface area contributed by atoms with Crippen molar-refractivity contribution in [3.05, 3.63) is 35.4 Å². The highest BCUT2D eigenvalue weighted by Gasteiger charge is 2.24. The van der Waals surface area contributed by atoms with Crippen LogP contribution >= 0.6 is 0 Å². The first-order valence-electron chi connectivity index (χ1n) is 5.73. The number of benzene rings is 1. The number of rotatable bonds is 5. The Bertz CT molecular complexity index is 366. The summed E-state index contributed by atoms with van der Waals surface area (Å²) in [7, 11) is 0. The first-order chi connectivity index (χ1) is 7.95. The maximum Gasteiger partial charge on any atom is 0.129 e. The second kappa shape index (κ2) is 6.05. The summed E-state index contributed by atoms with van der Waals surface area (Å²) in [6.45, 7) is 3.98. The molecule has 1 nitrogen and oxygen atoms in total. The SMILES string of the molecule is CC(C)C(CN)C(F)Cc1ccc(F)cc1F. The number of hydrogen-bond acceptors (Lipinski definition) is 1. The van der Waals surface area contributed by atoms with Crippen LogP contribution in [0.5, 0.6) is 0 Å². The number of nitrogens with two attached hydrogens (primary N) is 1. The summed E-state index contributed by atoms with van der Waals surface area (Å²) in [5.41, 5.74) is 5.69. The molecule has 1 aromatic carbocycles. The summed E-state index contributed by atoms with van der Waals surface area (Å²) in [5.74, 6) is -1.56. The summed E-state index contributed by atoms with van der Waals surface area (Å²) in [6, 6.07) is 3.19.